The lowest BCUT2D eigenvalue weighted by atomic mass is 10.1. The van der Waals surface area contributed by atoms with E-state index >= 15 is 0 Å². The van der Waals surface area contributed by atoms with Gasteiger partial charge in [-0.15, -0.1) is 0 Å². The number of amides is 1. The maximum Gasteiger partial charge on any atom is 0.253 e. The van der Waals surface area contributed by atoms with E-state index in [1.807, 2.05) is 19.1 Å². The maximum atomic E-state index is 12.7. The molecule has 7 nitrogen and oxygen atoms in total. The summed E-state index contributed by atoms with van der Waals surface area (Å²) >= 11 is 6.17. The summed E-state index contributed by atoms with van der Waals surface area (Å²) in [6.45, 7) is 2.83. The molecule has 1 aliphatic rings. The Balaban J connectivity index is 1.81. The molecule has 0 aromatic heterocycles. The summed E-state index contributed by atoms with van der Waals surface area (Å²) in [7, 11) is -2.04. The van der Waals surface area contributed by atoms with Gasteiger partial charge in [-0.1, -0.05) is 17.7 Å². The zero-order valence-corrected chi connectivity index (χ0v) is 17.3. The molecule has 9 heteroatoms. The van der Waals surface area contributed by atoms with Crippen molar-refractivity contribution in [2.75, 3.05) is 30.8 Å². The van der Waals surface area contributed by atoms with E-state index in [1.165, 1.54) is 19.2 Å². The Labute approximate surface area is 169 Å². The number of nitrogens with one attached hydrogen (secondary N) is 1. The first kappa shape index (κ1) is 20.3. The van der Waals surface area contributed by atoms with Gasteiger partial charge in [0, 0.05) is 7.05 Å². The van der Waals surface area contributed by atoms with Crippen LogP contribution in [0.2, 0.25) is 5.02 Å². The number of carbonyl (C=O) groups is 1. The SMILES string of the molecule is C[C@H](NC(=O)c1cc(N(C)S(C)(=O)=O)ccc1Cl)c1ccc2c(c1)OCCO2. The van der Waals surface area contributed by atoms with Gasteiger partial charge in [0.2, 0.25) is 10.0 Å². The molecule has 3 rings (SSSR count). The van der Waals surface area contributed by atoms with Crippen LogP contribution in [-0.2, 0) is 10.0 Å². The van der Waals surface area contributed by atoms with Gasteiger partial charge in [-0.25, -0.2) is 8.42 Å². The van der Waals surface area contributed by atoms with Gasteiger partial charge in [0.1, 0.15) is 13.2 Å². The average Bonchev–Trinajstić information content (AvgIpc) is 2.66. The van der Waals surface area contributed by atoms with Gasteiger partial charge in [0.05, 0.1) is 28.6 Å². The molecule has 0 radical (unpaired) electrons. The molecule has 1 aliphatic heterocycles. The van der Waals surface area contributed by atoms with Crippen LogP contribution in [0.3, 0.4) is 0 Å². The van der Waals surface area contributed by atoms with Crippen molar-refractivity contribution < 1.29 is 22.7 Å². The Kier molecular flexibility index (Phi) is 5.71. The van der Waals surface area contributed by atoms with Crippen LogP contribution in [-0.4, -0.2) is 40.8 Å². The molecular weight excluding hydrogens is 404 g/mol. The van der Waals surface area contributed by atoms with E-state index in [9.17, 15) is 13.2 Å². The highest BCUT2D eigenvalue weighted by atomic mass is 35.5. The lowest BCUT2D eigenvalue weighted by molar-refractivity contribution is 0.0940. The van der Waals surface area contributed by atoms with Crippen molar-refractivity contribution in [1.29, 1.82) is 0 Å². The number of hydrogen-bond donors (Lipinski definition) is 1. The minimum absolute atomic E-state index is 0.194. The second-order valence-corrected chi connectivity index (χ2v) is 8.91. The fraction of sp³-hybridized carbons (Fsp3) is 0.316. The van der Waals surface area contributed by atoms with E-state index in [4.69, 9.17) is 21.1 Å². The molecule has 1 N–H and O–H groups in total. The van der Waals surface area contributed by atoms with Crippen molar-refractivity contribution in [1.82, 2.24) is 5.32 Å². The summed E-state index contributed by atoms with van der Waals surface area (Å²) < 4.78 is 35.7. The Bertz CT molecular complexity index is 1010. The van der Waals surface area contributed by atoms with Crippen LogP contribution in [0.4, 0.5) is 5.69 Å². The molecule has 0 unspecified atom stereocenters. The van der Waals surface area contributed by atoms with Crippen LogP contribution in [0.5, 0.6) is 11.5 Å². The molecule has 1 heterocycles. The number of fused-ring (bicyclic) bond motifs is 1. The summed E-state index contributed by atoms with van der Waals surface area (Å²) in [6.07, 6.45) is 1.09. The van der Waals surface area contributed by atoms with Gasteiger partial charge in [-0.2, -0.15) is 0 Å². The molecule has 0 spiro atoms. The minimum Gasteiger partial charge on any atom is -0.486 e. The van der Waals surface area contributed by atoms with Gasteiger partial charge in [0.25, 0.3) is 5.91 Å². The first-order valence-electron chi connectivity index (χ1n) is 8.60. The first-order chi connectivity index (χ1) is 13.2. The van der Waals surface area contributed by atoms with Crippen molar-refractivity contribution in [3.63, 3.8) is 0 Å². The van der Waals surface area contributed by atoms with E-state index in [2.05, 4.69) is 5.32 Å². The van der Waals surface area contributed by atoms with E-state index in [-0.39, 0.29) is 16.6 Å². The molecule has 2 aromatic rings. The van der Waals surface area contributed by atoms with Crippen LogP contribution in [0.1, 0.15) is 28.9 Å². The molecule has 0 bridgehead atoms. The number of rotatable bonds is 5. The quantitative estimate of drug-likeness (QED) is 0.797. The standard InChI is InChI=1S/C19H21ClN2O5S/c1-12(13-4-7-17-18(10-13)27-9-8-26-17)21-19(23)15-11-14(5-6-16(15)20)22(2)28(3,24)25/h4-7,10-12H,8-9H2,1-3H3,(H,21,23)/t12-/m0/s1. The summed E-state index contributed by atoms with van der Waals surface area (Å²) in [6, 6.07) is 9.67. The van der Waals surface area contributed by atoms with Gasteiger partial charge in [0.15, 0.2) is 11.5 Å². The van der Waals surface area contributed by atoms with E-state index in [0.29, 0.717) is 30.4 Å². The summed E-state index contributed by atoms with van der Waals surface area (Å²) in [5.74, 6) is 0.906. The Morgan fingerprint density at radius 1 is 1.14 bits per heavy atom. The topological polar surface area (TPSA) is 84.9 Å². The number of anilines is 1. The largest absolute Gasteiger partial charge is 0.486 e. The predicted octanol–water partition coefficient (Wildman–Crippen LogP) is 3.00. The lowest BCUT2D eigenvalue weighted by Gasteiger charge is -2.21. The second kappa shape index (κ2) is 7.89. The molecular formula is C19H21ClN2O5S. The van der Waals surface area contributed by atoms with Crippen LogP contribution >= 0.6 is 11.6 Å². The third kappa shape index (κ3) is 4.34. The number of halogens is 1. The summed E-state index contributed by atoms with van der Waals surface area (Å²) in [5.41, 5.74) is 1.39. The van der Waals surface area contributed by atoms with Crippen LogP contribution in [0.25, 0.3) is 0 Å². The number of sulfonamides is 1. The molecule has 1 amide bonds. The third-order valence-electron chi connectivity index (χ3n) is 4.47. The lowest BCUT2D eigenvalue weighted by Crippen LogP contribution is -2.28. The zero-order chi connectivity index (χ0) is 20.5. The van der Waals surface area contributed by atoms with E-state index in [1.54, 1.807) is 12.1 Å². The minimum atomic E-state index is -3.45. The highest BCUT2D eigenvalue weighted by molar-refractivity contribution is 7.92. The number of carbonyl (C=O) groups excluding carboxylic acids is 1. The van der Waals surface area contributed by atoms with E-state index < -0.39 is 15.9 Å². The van der Waals surface area contributed by atoms with Crippen molar-refractivity contribution in [3.05, 3.63) is 52.5 Å². The molecule has 0 saturated carbocycles. The fourth-order valence-corrected chi connectivity index (χ4v) is 3.46. The normalized spacial score (nSPS) is 14.3. The number of nitrogens with zero attached hydrogens (tertiary/aromatic N) is 1. The molecule has 150 valence electrons. The van der Waals surface area contributed by atoms with E-state index in [0.717, 1.165) is 16.1 Å². The highest BCUT2D eigenvalue weighted by Crippen LogP contribution is 2.33. The van der Waals surface area contributed by atoms with Gasteiger partial charge in [-0.3, -0.25) is 9.10 Å². The Morgan fingerprint density at radius 2 is 1.82 bits per heavy atom. The molecule has 0 saturated heterocycles. The molecule has 1 atom stereocenters. The van der Waals surface area contributed by atoms with Gasteiger partial charge >= 0.3 is 0 Å². The molecule has 28 heavy (non-hydrogen) atoms. The fourth-order valence-electron chi connectivity index (χ4n) is 2.76. The maximum absolute atomic E-state index is 12.7. The molecule has 0 fully saturated rings. The summed E-state index contributed by atoms with van der Waals surface area (Å²) in [5, 5.41) is 3.11. The van der Waals surface area contributed by atoms with Crippen molar-refractivity contribution in [2.24, 2.45) is 0 Å². The van der Waals surface area contributed by atoms with Crippen LogP contribution < -0.4 is 19.1 Å². The van der Waals surface area contributed by atoms with Crippen molar-refractivity contribution in [2.45, 2.75) is 13.0 Å². The van der Waals surface area contributed by atoms with Crippen molar-refractivity contribution in [3.8, 4) is 11.5 Å². The molecule has 2 aromatic carbocycles. The monoisotopic (exact) mass is 424 g/mol. The number of hydrogen-bond acceptors (Lipinski definition) is 5. The predicted molar refractivity (Wildman–Crippen MR) is 108 cm³/mol. The van der Waals surface area contributed by atoms with Gasteiger partial charge in [-0.05, 0) is 42.8 Å². The number of ether oxygens (including phenoxy) is 2. The summed E-state index contributed by atoms with van der Waals surface area (Å²) in [4.78, 5) is 12.7. The first-order valence-corrected chi connectivity index (χ1v) is 10.8. The average molecular weight is 425 g/mol. The van der Waals surface area contributed by atoms with Crippen LogP contribution in [0, 0.1) is 0 Å². The second-order valence-electron chi connectivity index (χ2n) is 6.49. The van der Waals surface area contributed by atoms with Crippen molar-refractivity contribution >= 4 is 33.2 Å². The number of benzene rings is 2. The Morgan fingerprint density at radius 3 is 2.50 bits per heavy atom. The third-order valence-corrected chi connectivity index (χ3v) is 6.00. The Hall–Kier alpha value is -2.45. The molecule has 0 aliphatic carbocycles. The zero-order valence-electron chi connectivity index (χ0n) is 15.7. The van der Waals surface area contributed by atoms with Gasteiger partial charge < -0.3 is 14.8 Å². The highest BCUT2D eigenvalue weighted by Gasteiger charge is 2.20. The van der Waals surface area contributed by atoms with Crippen LogP contribution in [0.15, 0.2) is 36.4 Å². The smallest absolute Gasteiger partial charge is 0.253 e.